The van der Waals surface area contributed by atoms with E-state index in [2.05, 4.69) is 10.4 Å². The van der Waals surface area contributed by atoms with Crippen LogP contribution in [0.25, 0.3) is 11.0 Å². The number of aldehydes is 1. The maximum Gasteiger partial charge on any atom is 0.268 e. The van der Waals surface area contributed by atoms with E-state index in [4.69, 9.17) is 4.74 Å². The Bertz CT molecular complexity index is 1200. The fourth-order valence-corrected chi connectivity index (χ4v) is 3.33. The number of fused-ring (bicyclic) bond motifs is 2. The van der Waals surface area contributed by atoms with Gasteiger partial charge in [-0.2, -0.15) is 5.10 Å². The highest BCUT2D eigenvalue weighted by Gasteiger charge is 2.16. The number of amides is 1. The molecule has 0 aliphatic rings. The van der Waals surface area contributed by atoms with Crippen molar-refractivity contribution in [3.8, 4) is 11.5 Å². The number of rotatable bonds is 4. The van der Waals surface area contributed by atoms with Crippen molar-refractivity contribution in [2.24, 2.45) is 0 Å². The Kier molecular flexibility index (Phi) is 3.92. The molecule has 4 aromatic rings. The highest BCUT2D eigenvalue weighted by atomic mass is 16.5. The Labute approximate surface area is 155 Å². The standard InChI is InChI=1S/C20H18N4O3/c1-12-8-15-9-16(5-7-23(15)18(12)20(26)21-3)27-17-4-6-22-24-10-14(11-25)13(2)19(17)24/h4-11H,1-3H3,(H,21,26). The minimum Gasteiger partial charge on any atom is -0.455 e. The number of hydrogen-bond donors (Lipinski definition) is 1. The average Bonchev–Trinajstić information content (AvgIpc) is 3.17. The minimum absolute atomic E-state index is 0.137. The molecule has 0 bridgehead atoms. The van der Waals surface area contributed by atoms with Gasteiger partial charge in [-0.25, -0.2) is 4.52 Å². The fraction of sp³-hybridized carbons (Fsp3) is 0.150. The van der Waals surface area contributed by atoms with Crippen LogP contribution < -0.4 is 10.1 Å². The third kappa shape index (κ3) is 2.64. The van der Waals surface area contributed by atoms with Crippen molar-refractivity contribution in [2.45, 2.75) is 13.8 Å². The van der Waals surface area contributed by atoms with Gasteiger partial charge in [-0.05, 0) is 37.1 Å². The van der Waals surface area contributed by atoms with E-state index in [1.807, 2.05) is 36.6 Å². The number of carbonyl (C=O) groups excluding carboxylic acids is 2. The molecule has 7 heteroatoms. The molecule has 0 aliphatic heterocycles. The van der Waals surface area contributed by atoms with Crippen molar-refractivity contribution in [3.05, 3.63) is 65.2 Å². The second kappa shape index (κ2) is 6.28. The monoisotopic (exact) mass is 362 g/mol. The zero-order valence-electron chi connectivity index (χ0n) is 15.2. The van der Waals surface area contributed by atoms with Crippen LogP contribution in [0.15, 0.2) is 42.9 Å². The normalized spacial score (nSPS) is 11.1. The van der Waals surface area contributed by atoms with Crippen molar-refractivity contribution < 1.29 is 14.3 Å². The molecule has 0 spiro atoms. The molecular formula is C20H18N4O3. The van der Waals surface area contributed by atoms with E-state index in [-0.39, 0.29) is 5.91 Å². The van der Waals surface area contributed by atoms with Crippen LogP contribution >= 0.6 is 0 Å². The smallest absolute Gasteiger partial charge is 0.268 e. The predicted molar refractivity (Wildman–Crippen MR) is 101 cm³/mol. The molecule has 1 amide bonds. The number of pyridine rings is 1. The van der Waals surface area contributed by atoms with Crippen molar-refractivity contribution in [1.82, 2.24) is 19.3 Å². The lowest BCUT2D eigenvalue weighted by Crippen LogP contribution is -2.20. The molecular weight excluding hydrogens is 344 g/mol. The van der Waals surface area contributed by atoms with Crippen LogP contribution in [0.5, 0.6) is 11.5 Å². The molecule has 0 saturated carbocycles. The minimum atomic E-state index is -0.137. The maximum atomic E-state index is 12.1. The first-order valence-corrected chi connectivity index (χ1v) is 8.47. The van der Waals surface area contributed by atoms with E-state index in [9.17, 15) is 9.59 Å². The molecule has 0 unspecified atom stereocenters. The van der Waals surface area contributed by atoms with Gasteiger partial charge < -0.3 is 14.5 Å². The largest absolute Gasteiger partial charge is 0.455 e. The Balaban J connectivity index is 1.78. The average molecular weight is 362 g/mol. The van der Waals surface area contributed by atoms with Crippen molar-refractivity contribution in [1.29, 1.82) is 0 Å². The Hall–Kier alpha value is -3.61. The van der Waals surface area contributed by atoms with Crippen molar-refractivity contribution in [3.63, 3.8) is 0 Å². The second-order valence-corrected chi connectivity index (χ2v) is 6.33. The van der Waals surface area contributed by atoms with E-state index < -0.39 is 0 Å². The summed E-state index contributed by atoms with van der Waals surface area (Å²) in [5, 5.41) is 6.90. The van der Waals surface area contributed by atoms with Crippen LogP contribution in [-0.4, -0.2) is 33.3 Å². The Morgan fingerprint density at radius 1 is 1.26 bits per heavy atom. The van der Waals surface area contributed by atoms with Gasteiger partial charge in [0.2, 0.25) is 0 Å². The molecule has 0 saturated heterocycles. The lowest BCUT2D eigenvalue weighted by Gasteiger charge is -2.09. The van der Waals surface area contributed by atoms with Crippen LogP contribution in [0.3, 0.4) is 0 Å². The van der Waals surface area contributed by atoms with Gasteiger partial charge in [0.15, 0.2) is 12.0 Å². The third-order valence-electron chi connectivity index (χ3n) is 4.66. The molecule has 0 aromatic carbocycles. The van der Waals surface area contributed by atoms with Crippen LogP contribution in [0.4, 0.5) is 0 Å². The third-order valence-corrected chi connectivity index (χ3v) is 4.66. The van der Waals surface area contributed by atoms with Crippen LogP contribution in [0.2, 0.25) is 0 Å². The summed E-state index contributed by atoms with van der Waals surface area (Å²) in [5.74, 6) is 1.10. The molecule has 7 nitrogen and oxygen atoms in total. The first-order valence-electron chi connectivity index (χ1n) is 8.47. The zero-order valence-corrected chi connectivity index (χ0v) is 15.2. The number of carbonyl (C=O) groups is 2. The molecule has 4 heterocycles. The lowest BCUT2D eigenvalue weighted by atomic mass is 10.2. The van der Waals surface area contributed by atoms with Gasteiger partial charge in [-0.3, -0.25) is 9.59 Å². The van der Waals surface area contributed by atoms with Gasteiger partial charge in [-0.1, -0.05) is 0 Å². The SMILES string of the molecule is CNC(=O)c1c(C)cc2cc(Oc3ccnn4cc(C=O)c(C)c34)ccn12. The summed E-state index contributed by atoms with van der Waals surface area (Å²) in [6, 6.07) is 7.37. The summed E-state index contributed by atoms with van der Waals surface area (Å²) >= 11 is 0. The molecule has 0 atom stereocenters. The summed E-state index contributed by atoms with van der Waals surface area (Å²) in [6.45, 7) is 3.76. The molecule has 4 aromatic heterocycles. The van der Waals surface area contributed by atoms with E-state index in [0.717, 1.165) is 28.4 Å². The quantitative estimate of drug-likeness (QED) is 0.566. The first-order chi connectivity index (χ1) is 13.0. The number of aromatic nitrogens is 3. The summed E-state index contributed by atoms with van der Waals surface area (Å²) in [5.41, 5.74) is 4.48. The topological polar surface area (TPSA) is 77.1 Å². The van der Waals surface area contributed by atoms with Crippen LogP contribution in [0.1, 0.15) is 32.0 Å². The number of nitrogens with one attached hydrogen (secondary N) is 1. The van der Waals surface area contributed by atoms with E-state index in [0.29, 0.717) is 22.8 Å². The molecule has 0 radical (unpaired) electrons. The lowest BCUT2D eigenvalue weighted by molar-refractivity contribution is 0.0956. The number of aryl methyl sites for hydroxylation is 2. The Morgan fingerprint density at radius 2 is 2.07 bits per heavy atom. The van der Waals surface area contributed by atoms with Crippen LogP contribution in [0, 0.1) is 13.8 Å². The molecule has 4 rings (SSSR count). The summed E-state index contributed by atoms with van der Waals surface area (Å²) < 4.78 is 9.55. The van der Waals surface area contributed by atoms with Gasteiger partial charge in [-0.15, -0.1) is 0 Å². The highest BCUT2D eigenvalue weighted by Crippen LogP contribution is 2.30. The van der Waals surface area contributed by atoms with Gasteiger partial charge in [0.05, 0.1) is 6.20 Å². The molecule has 0 fully saturated rings. The van der Waals surface area contributed by atoms with Gasteiger partial charge in [0, 0.05) is 42.7 Å². The number of hydrogen-bond acceptors (Lipinski definition) is 4. The van der Waals surface area contributed by atoms with Crippen LogP contribution in [-0.2, 0) is 0 Å². The predicted octanol–water partition coefficient (Wildman–Crippen LogP) is 3.17. The molecule has 136 valence electrons. The zero-order chi connectivity index (χ0) is 19.1. The highest BCUT2D eigenvalue weighted by molar-refractivity contribution is 5.95. The Morgan fingerprint density at radius 3 is 2.81 bits per heavy atom. The first kappa shape index (κ1) is 16.8. The molecule has 0 aliphatic carbocycles. The summed E-state index contributed by atoms with van der Waals surface area (Å²) in [6.07, 6.45) is 5.92. The second-order valence-electron chi connectivity index (χ2n) is 6.33. The van der Waals surface area contributed by atoms with Crippen molar-refractivity contribution in [2.75, 3.05) is 7.05 Å². The molecule has 27 heavy (non-hydrogen) atoms. The van der Waals surface area contributed by atoms with Crippen molar-refractivity contribution >= 4 is 23.2 Å². The van der Waals surface area contributed by atoms with E-state index in [1.54, 1.807) is 36.1 Å². The molecule has 1 N–H and O–H groups in total. The van der Waals surface area contributed by atoms with E-state index in [1.165, 1.54) is 0 Å². The fourth-order valence-electron chi connectivity index (χ4n) is 3.33. The van der Waals surface area contributed by atoms with E-state index >= 15 is 0 Å². The maximum absolute atomic E-state index is 12.1. The number of nitrogens with zero attached hydrogens (tertiary/aromatic N) is 3. The van der Waals surface area contributed by atoms with Gasteiger partial charge in [0.1, 0.15) is 17.0 Å². The van der Waals surface area contributed by atoms with Gasteiger partial charge >= 0.3 is 0 Å². The number of ether oxygens (including phenoxy) is 1. The van der Waals surface area contributed by atoms with Gasteiger partial charge in [0.25, 0.3) is 5.91 Å². The summed E-state index contributed by atoms with van der Waals surface area (Å²) in [7, 11) is 1.61. The summed E-state index contributed by atoms with van der Waals surface area (Å²) in [4.78, 5) is 23.3.